The van der Waals surface area contributed by atoms with E-state index in [1.807, 2.05) is 12.1 Å². The second-order valence-corrected chi connectivity index (χ2v) is 5.17. The lowest BCUT2D eigenvalue weighted by Crippen LogP contribution is -2.50. The number of carbonyl (C=O) groups is 1. The Hall–Kier alpha value is -1.46. The molecule has 1 fully saturated rings. The molecule has 0 atom stereocenters. The maximum absolute atomic E-state index is 11.9. The number of amides is 1. The van der Waals surface area contributed by atoms with Gasteiger partial charge >= 0.3 is 0 Å². The van der Waals surface area contributed by atoms with E-state index >= 15 is 0 Å². The summed E-state index contributed by atoms with van der Waals surface area (Å²) >= 11 is 0. The molecule has 0 saturated carbocycles. The van der Waals surface area contributed by atoms with Gasteiger partial charge in [-0.15, -0.1) is 0 Å². The number of hydrogen-bond acceptors (Lipinski definition) is 4. The van der Waals surface area contributed by atoms with Crippen LogP contribution in [0.1, 0.15) is 13.8 Å². The number of hydrogen-bond donors (Lipinski definition) is 1. The van der Waals surface area contributed by atoms with Crippen molar-refractivity contribution >= 4 is 11.7 Å². The van der Waals surface area contributed by atoms with Crippen molar-refractivity contribution in [3.63, 3.8) is 0 Å². The van der Waals surface area contributed by atoms with Crippen molar-refractivity contribution in [1.82, 2.24) is 14.8 Å². The monoisotopic (exact) mass is 262 g/mol. The van der Waals surface area contributed by atoms with Crippen LogP contribution in [0.4, 0.5) is 5.82 Å². The molecule has 0 unspecified atom stereocenters. The standard InChI is InChI=1S/C14H22N4O/c1-12(2)18-9-7-17(8-10-18)11-14(19)16-13-5-3-4-6-15-13/h3-6,12H,7-11H2,1-2H3,(H,15,16,19). The zero-order valence-corrected chi connectivity index (χ0v) is 11.7. The van der Waals surface area contributed by atoms with Crippen LogP contribution in [0.25, 0.3) is 0 Å². The Labute approximate surface area is 114 Å². The molecule has 19 heavy (non-hydrogen) atoms. The predicted octanol–water partition coefficient (Wildman–Crippen LogP) is 1.05. The predicted molar refractivity (Wildman–Crippen MR) is 76.0 cm³/mol. The van der Waals surface area contributed by atoms with E-state index in [2.05, 4.69) is 33.9 Å². The van der Waals surface area contributed by atoms with Crippen molar-refractivity contribution in [2.24, 2.45) is 0 Å². The molecule has 0 aromatic carbocycles. The van der Waals surface area contributed by atoms with Gasteiger partial charge in [0.15, 0.2) is 0 Å². The number of piperazine rings is 1. The fourth-order valence-electron chi connectivity index (χ4n) is 2.26. The topological polar surface area (TPSA) is 48.5 Å². The van der Waals surface area contributed by atoms with Gasteiger partial charge in [-0.1, -0.05) is 6.07 Å². The smallest absolute Gasteiger partial charge is 0.239 e. The van der Waals surface area contributed by atoms with Crippen LogP contribution in [-0.4, -0.2) is 59.5 Å². The molecule has 2 heterocycles. The van der Waals surface area contributed by atoms with Crippen LogP contribution >= 0.6 is 0 Å². The van der Waals surface area contributed by atoms with E-state index in [-0.39, 0.29) is 5.91 Å². The minimum Gasteiger partial charge on any atom is -0.310 e. The van der Waals surface area contributed by atoms with Crippen LogP contribution < -0.4 is 5.32 Å². The summed E-state index contributed by atoms with van der Waals surface area (Å²) in [6.07, 6.45) is 1.68. The highest BCUT2D eigenvalue weighted by Crippen LogP contribution is 2.06. The van der Waals surface area contributed by atoms with Crippen molar-refractivity contribution in [2.75, 3.05) is 38.0 Å². The Morgan fingerprint density at radius 1 is 1.32 bits per heavy atom. The van der Waals surface area contributed by atoms with E-state index in [9.17, 15) is 4.79 Å². The number of nitrogens with one attached hydrogen (secondary N) is 1. The lowest BCUT2D eigenvalue weighted by Gasteiger charge is -2.36. The van der Waals surface area contributed by atoms with Gasteiger partial charge < -0.3 is 5.32 Å². The molecule has 0 radical (unpaired) electrons. The van der Waals surface area contributed by atoms with Crippen LogP contribution in [0.3, 0.4) is 0 Å². The Kier molecular flexibility index (Phi) is 4.87. The molecular formula is C14H22N4O. The summed E-state index contributed by atoms with van der Waals surface area (Å²) in [6, 6.07) is 6.09. The zero-order valence-electron chi connectivity index (χ0n) is 11.7. The normalized spacial score (nSPS) is 17.6. The lowest BCUT2D eigenvalue weighted by atomic mass is 10.2. The number of pyridine rings is 1. The van der Waals surface area contributed by atoms with E-state index < -0.39 is 0 Å². The van der Waals surface area contributed by atoms with Crippen molar-refractivity contribution in [1.29, 1.82) is 0 Å². The Morgan fingerprint density at radius 3 is 2.63 bits per heavy atom. The van der Waals surface area contributed by atoms with Crippen molar-refractivity contribution in [3.8, 4) is 0 Å². The first kappa shape index (κ1) is 14.0. The Morgan fingerprint density at radius 2 is 2.05 bits per heavy atom. The fourth-order valence-corrected chi connectivity index (χ4v) is 2.26. The van der Waals surface area contributed by atoms with E-state index in [0.29, 0.717) is 18.4 Å². The van der Waals surface area contributed by atoms with E-state index in [0.717, 1.165) is 26.2 Å². The average Bonchev–Trinajstić information content (AvgIpc) is 2.40. The third-order valence-corrected chi connectivity index (χ3v) is 3.44. The summed E-state index contributed by atoms with van der Waals surface area (Å²) in [7, 11) is 0. The maximum Gasteiger partial charge on any atom is 0.239 e. The Balaban J connectivity index is 1.75. The van der Waals surface area contributed by atoms with Gasteiger partial charge in [-0.2, -0.15) is 0 Å². The van der Waals surface area contributed by atoms with Gasteiger partial charge in [-0.05, 0) is 26.0 Å². The van der Waals surface area contributed by atoms with Crippen molar-refractivity contribution in [3.05, 3.63) is 24.4 Å². The van der Waals surface area contributed by atoms with Crippen LogP contribution in [0.5, 0.6) is 0 Å². The summed E-state index contributed by atoms with van der Waals surface area (Å²) in [5.74, 6) is 0.630. The van der Waals surface area contributed by atoms with Gasteiger partial charge in [-0.3, -0.25) is 14.6 Å². The molecule has 1 N–H and O–H groups in total. The van der Waals surface area contributed by atoms with E-state index in [4.69, 9.17) is 0 Å². The summed E-state index contributed by atoms with van der Waals surface area (Å²) in [5, 5.41) is 2.82. The SMILES string of the molecule is CC(C)N1CCN(CC(=O)Nc2ccccn2)CC1. The van der Waals surface area contributed by atoms with Gasteiger partial charge in [0.05, 0.1) is 6.54 Å². The van der Waals surface area contributed by atoms with Crippen LogP contribution in [0.15, 0.2) is 24.4 Å². The van der Waals surface area contributed by atoms with Crippen LogP contribution in [0.2, 0.25) is 0 Å². The maximum atomic E-state index is 11.9. The first-order valence-corrected chi connectivity index (χ1v) is 6.82. The third kappa shape index (κ3) is 4.29. The van der Waals surface area contributed by atoms with Gasteiger partial charge in [0, 0.05) is 38.4 Å². The number of carbonyl (C=O) groups excluding carboxylic acids is 1. The van der Waals surface area contributed by atoms with Crippen molar-refractivity contribution in [2.45, 2.75) is 19.9 Å². The van der Waals surface area contributed by atoms with Crippen molar-refractivity contribution < 1.29 is 4.79 Å². The molecule has 104 valence electrons. The van der Waals surface area contributed by atoms with Gasteiger partial charge in [-0.25, -0.2) is 4.98 Å². The van der Waals surface area contributed by atoms with Gasteiger partial charge in [0.1, 0.15) is 5.82 Å². The molecular weight excluding hydrogens is 240 g/mol. The van der Waals surface area contributed by atoms with Gasteiger partial charge in [0.25, 0.3) is 0 Å². The second-order valence-electron chi connectivity index (χ2n) is 5.17. The molecule has 0 aliphatic carbocycles. The number of rotatable bonds is 4. The first-order chi connectivity index (χ1) is 9.15. The molecule has 1 saturated heterocycles. The highest BCUT2D eigenvalue weighted by Gasteiger charge is 2.20. The molecule has 1 aromatic rings. The minimum absolute atomic E-state index is 0.0108. The molecule has 0 bridgehead atoms. The fraction of sp³-hybridized carbons (Fsp3) is 0.571. The molecule has 1 amide bonds. The molecule has 5 heteroatoms. The number of anilines is 1. The van der Waals surface area contributed by atoms with Crippen LogP contribution in [-0.2, 0) is 4.79 Å². The highest BCUT2D eigenvalue weighted by atomic mass is 16.2. The zero-order chi connectivity index (χ0) is 13.7. The Bertz CT molecular complexity index is 399. The number of aromatic nitrogens is 1. The van der Waals surface area contributed by atoms with E-state index in [1.54, 1.807) is 12.3 Å². The summed E-state index contributed by atoms with van der Waals surface area (Å²) in [5.41, 5.74) is 0. The summed E-state index contributed by atoms with van der Waals surface area (Å²) in [4.78, 5) is 20.6. The summed E-state index contributed by atoms with van der Waals surface area (Å²) in [6.45, 7) is 8.85. The average molecular weight is 262 g/mol. The van der Waals surface area contributed by atoms with Gasteiger partial charge in [0.2, 0.25) is 5.91 Å². The quantitative estimate of drug-likeness (QED) is 0.881. The third-order valence-electron chi connectivity index (χ3n) is 3.44. The molecule has 2 rings (SSSR count). The second kappa shape index (κ2) is 6.63. The first-order valence-electron chi connectivity index (χ1n) is 6.82. The highest BCUT2D eigenvalue weighted by molar-refractivity contribution is 5.91. The molecule has 1 aromatic heterocycles. The van der Waals surface area contributed by atoms with Crippen LogP contribution in [0, 0.1) is 0 Å². The molecule has 5 nitrogen and oxygen atoms in total. The number of nitrogens with zero attached hydrogens (tertiary/aromatic N) is 3. The molecule has 1 aliphatic heterocycles. The van der Waals surface area contributed by atoms with E-state index in [1.165, 1.54) is 0 Å². The molecule has 1 aliphatic rings. The lowest BCUT2D eigenvalue weighted by molar-refractivity contribution is -0.117. The summed E-state index contributed by atoms with van der Waals surface area (Å²) < 4.78 is 0. The molecule has 0 spiro atoms. The largest absolute Gasteiger partial charge is 0.310 e. The minimum atomic E-state index is 0.0108.